The predicted octanol–water partition coefficient (Wildman–Crippen LogP) is 2.95. The van der Waals surface area contributed by atoms with Crippen molar-refractivity contribution >= 4 is 49.1 Å². The smallest absolute Gasteiger partial charge is 0.258 e. The molecule has 0 aliphatic carbocycles. The molecular formula is C24H27N5O3S. The van der Waals surface area contributed by atoms with Gasteiger partial charge in [-0.15, -0.1) is 11.3 Å². The molecule has 3 aromatic heterocycles. The topological polar surface area (TPSA) is 88.0 Å². The zero-order chi connectivity index (χ0) is 22.8. The lowest BCUT2D eigenvalue weighted by molar-refractivity contribution is 0.0950. The molecular weight excluding hydrogens is 438 g/mol. The van der Waals surface area contributed by atoms with Crippen molar-refractivity contribution < 1.29 is 9.53 Å². The van der Waals surface area contributed by atoms with E-state index in [-0.39, 0.29) is 16.9 Å². The van der Waals surface area contributed by atoms with Crippen molar-refractivity contribution in [3.05, 3.63) is 52.2 Å². The van der Waals surface area contributed by atoms with Gasteiger partial charge in [0.1, 0.15) is 16.2 Å². The number of anilines is 1. The van der Waals surface area contributed by atoms with Gasteiger partial charge >= 0.3 is 0 Å². The molecule has 8 nitrogen and oxygen atoms in total. The summed E-state index contributed by atoms with van der Waals surface area (Å²) < 4.78 is 8.03. The highest BCUT2D eigenvalue weighted by Gasteiger charge is 2.23. The maximum Gasteiger partial charge on any atom is 0.258 e. The lowest BCUT2D eigenvalue weighted by Gasteiger charge is -2.15. The Hall–Kier alpha value is -3.01. The van der Waals surface area contributed by atoms with Crippen LogP contribution in [0.2, 0.25) is 0 Å². The van der Waals surface area contributed by atoms with Crippen LogP contribution in [0.15, 0.2) is 41.2 Å². The molecule has 5 rings (SSSR count). The van der Waals surface area contributed by atoms with Crippen LogP contribution < -0.4 is 16.1 Å². The quantitative estimate of drug-likeness (QED) is 0.389. The van der Waals surface area contributed by atoms with Crippen LogP contribution >= 0.6 is 11.3 Å². The first kappa shape index (κ1) is 21.8. The van der Waals surface area contributed by atoms with Gasteiger partial charge in [-0.2, -0.15) is 0 Å². The molecule has 0 atom stereocenters. The number of benzene rings is 1. The summed E-state index contributed by atoms with van der Waals surface area (Å²) in [6.45, 7) is 4.62. The van der Waals surface area contributed by atoms with Crippen molar-refractivity contribution in [2.24, 2.45) is 0 Å². The maximum absolute atomic E-state index is 13.5. The Balaban J connectivity index is 1.59. The van der Waals surface area contributed by atoms with Gasteiger partial charge in [0.15, 0.2) is 5.65 Å². The van der Waals surface area contributed by atoms with Crippen LogP contribution in [0, 0.1) is 0 Å². The predicted molar refractivity (Wildman–Crippen MR) is 133 cm³/mol. The summed E-state index contributed by atoms with van der Waals surface area (Å²) in [5.74, 6) is 0.332. The van der Waals surface area contributed by atoms with Gasteiger partial charge in [0.25, 0.3) is 5.91 Å². The fourth-order valence-corrected chi connectivity index (χ4v) is 5.57. The van der Waals surface area contributed by atoms with Crippen molar-refractivity contribution in [3.63, 3.8) is 0 Å². The second kappa shape index (κ2) is 9.46. The molecule has 0 radical (unpaired) electrons. The fourth-order valence-electron chi connectivity index (χ4n) is 4.39. The van der Waals surface area contributed by atoms with Crippen LogP contribution in [-0.2, 0) is 4.74 Å². The number of hydrogen-bond acceptors (Lipinski definition) is 7. The molecule has 0 saturated carbocycles. The zero-order valence-electron chi connectivity index (χ0n) is 18.6. The monoisotopic (exact) mass is 465 g/mol. The van der Waals surface area contributed by atoms with Gasteiger partial charge in [0, 0.05) is 26.7 Å². The number of likely N-dealkylation sites (tertiary alicyclic amines) is 1. The van der Waals surface area contributed by atoms with Gasteiger partial charge in [-0.1, -0.05) is 12.1 Å². The van der Waals surface area contributed by atoms with Gasteiger partial charge in [-0.05, 0) is 50.2 Å². The first-order valence-corrected chi connectivity index (χ1v) is 12.1. The van der Waals surface area contributed by atoms with E-state index in [4.69, 9.17) is 9.72 Å². The Labute approximate surface area is 195 Å². The molecule has 1 saturated heterocycles. The van der Waals surface area contributed by atoms with Crippen molar-refractivity contribution in [2.45, 2.75) is 12.8 Å². The summed E-state index contributed by atoms with van der Waals surface area (Å²) in [5.41, 5.74) is 1.37. The summed E-state index contributed by atoms with van der Waals surface area (Å²) in [7, 11) is 1.65. The van der Waals surface area contributed by atoms with E-state index in [0.29, 0.717) is 41.4 Å². The second-order valence-electron chi connectivity index (χ2n) is 8.21. The molecule has 2 N–H and O–H groups in total. The van der Waals surface area contributed by atoms with Crippen LogP contribution in [0.3, 0.4) is 0 Å². The molecule has 0 unspecified atom stereocenters. The van der Waals surface area contributed by atoms with Gasteiger partial charge < -0.3 is 20.3 Å². The number of fused-ring (bicyclic) bond motifs is 5. The molecule has 33 heavy (non-hydrogen) atoms. The standard InChI is InChI=1S/C24H27N5O3S/c1-32-15-11-25-19-9-8-16-21(30)20(23(31)26-10-14-28-12-4-5-13-28)24-29(22(16)27-19)17-6-2-3-7-18(17)33-24/h2-3,6-9H,4-5,10-15H2,1H3,(H,25,27)(H,26,31). The van der Waals surface area contributed by atoms with E-state index in [0.717, 1.165) is 29.9 Å². The van der Waals surface area contributed by atoms with E-state index in [9.17, 15) is 9.59 Å². The number of para-hydroxylation sites is 1. The van der Waals surface area contributed by atoms with Crippen LogP contribution in [0.25, 0.3) is 26.1 Å². The van der Waals surface area contributed by atoms with Crippen molar-refractivity contribution in [1.29, 1.82) is 0 Å². The van der Waals surface area contributed by atoms with E-state index in [1.54, 1.807) is 19.2 Å². The normalized spacial score (nSPS) is 14.5. The third-order valence-electron chi connectivity index (χ3n) is 6.04. The highest BCUT2D eigenvalue weighted by molar-refractivity contribution is 7.24. The minimum Gasteiger partial charge on any atom is -0.383 e. The van der Waals surface area contributed by atoms with Crippen molar-refractivity contribution in [1.82, 2.24) is 19.6 Å². The number of nitrogens with one attached hydrogen (secondary N) is 2. The SMILES string of the molecule is COCCNc1ccc2c(=O)c(C(=O)NCCN3CCCC3)c3sc4ccccc4n3c2n1. The molecule has 4 heterocycles. The van der Waals surface area contributed by atoms with Gasteiger partial charge in [0.2, 0.25) is 5.43 Å². The average Bonchev–Trinajstić information content (AvgIpc) is 3.47. The molecule has 1 fully saturated rings. The summed E-state index contributed by atoms with van der Waals surface area (Å²) in [6, 6.07) is 11.4. The number of thiazole rings is 1. The Morgan fingerprint density at radius 3 is 2.79 bits per heavy atom. The van der Waals surface area contributed by atoms with Crippen LogP contribution in [0.5, 0.6) is 0 Å². The molecule has 1 aliphatic heterocycles. The van der Waals surface area contributed by atoms with Crippen molar-refractivity contribution in [3.8, 4) is 0 Å². The van der Waals surface area contributed by atoms with Crippen LogP contribution in [0.1, 0.15) is 23.2 Å². The minimum atomic E-state index is -0.326. The number of ether oxygens (including phenoxy) is 1. The number of carbonyl (C=O) groups is 1. The summed E-state index contributed by atoms with van der Waals surface area (Å²) in [4.78, 5) is 34.4. The third-order valence-corrected chi connectivity index (χ3v) is 7.19. The van der Waals surface area contributed by atoms with Crippen LogP contribution in [0.4, 0.5) is 5.82 Å². The number of amides is 1. The molecule has 4 aromatic rings. The average molecular weight is 466 g/mol. The molecule has 0 spiro atoms. The van der Waals surface area contributed by atoms with Gasteiger partial charge in [0.05, 0.1) is 22.2 Å². The van der Waals surface area contributed by atoms with Gasteiger partial charge in [-0.3, -0.25) is 14.0 Å². The lowest BCUT2D eigenvalue weighted by atomic mass is 10.1. The maximum atomic E-state index is 13.5. The first-order valence-electron chi connectivity index (χ1n) is 11.3. The van der Waals surface area contributed by atoms with E-state index >= 15 is 0 Å². The number of hydrogen-bond donors (Lipinski definition) is 2. The van der Waals surface area contributed by atoms with Gasteiger partial charge in [-0.25, -0.2) is 4.98 Å². The zero-order valence-corrected chi connectivity index (χ0v) is 19.4. The second-order valence-corrected chi connectivity index (χ2v) is 9.24. The Morgan fingerprint density at radius 2 is 1.97 bits per heavy atom. The molecule has 0 bridgehead atoms. The van der Waals surface area contributed by atoms with E-state index in [1.807, 2.05) is 28.7 Å². The fraction of sp³-hybridized carbons (Fsp3) is 0.375. The molecule has 9 heteroatoms. The van der Waals surface area contributed by atoms with E-state index < -0.39 is 0 Å². The molecule has 172 valence electrons. The Bertz CT molecular complexity index is 1370. The Morgan fingerprint density at radius 1 is 1.15 bits per heavy atom. The number of carbonyl (C=O) groups excluding carboxylic acids is 1. The highest BCUT2D eigenvalue weighted by Crippen LogP contribution is 2.31. The molecule has 1 aliphatic rings. The number of aromatic nitrogens is 2. The number of pyridine rings is 2. The third kappa shape index (κ3) is 4.19. The largest absolute Gasteiger partial charge is 0.383 e. The lowest BCUT2D eigenvalue weighted by Crippen LogP contribution is -2.35. The number of rotatable bonds is 8. The Kier molecular flexibility index (Phi) is 6.26. The van der Waals surface area contributed by atoms with E-state index in [1.165, 1.54) is 24.2 Å². The highest BCUT2D eigenvalue weighted by atomic mass is 32.1. The number of nitrogens with zero attached hydrogens (tertiary/aromatic N) is 3. The van der Waals surface area contributed by atoms with Crippen molar-refractivity contribution in [2.75, 3.05) is 51.8 Å². The summed E-state index contributed by atoms with van der Waals surface area (Å²) in [5, 5.41) is 6.63. The summed E-state index contributed by atoms with van der Waals surface area (Å²) in [6.07, 6.45) is 2.41. The molecule has 1 aromatic carbocycles. The number of methoxy groups -OCH3 is 1. The minimum absolute atomic E-state index is 0.187. The molecule has 1 amide bonds. The first-order chi connectivity index (χ1) is 16.2. The summed E-state index contributed by atoms with van der Waals surface area (Å²) >= 11 is 1.44. The van der Waals surface area contributed by atoms with E-state index in [2.05, 4.69) is 15.5 Å². The van der Waals surface area contributed by atoms with Crippen LogP contribution in [-0.4, -0.2) is 66.6 Å².